The van der Waals surface area contributed by atoms with Crippen LogP contribution in [0.3, 0.4) is 0 Å². The van der Waals surface area contributed by atoms with Gasteiger partial charge in [-0.3, -0.25) is 4.98 Å². The number of fused-ring (bicyclic) bond motifs is 1. The van der Waals surface area contributed by atoms with E-state index in [1.165, 1.54) is 26.4 Å². The van der Waals surface area contributed by atoms with Gasteiger partial charge in [0, 0.05) is 65.8 Å². The summed E-state index contributed by atoms with van der Waals surface area (Å²) >= 11 is 11.6. The summed E-state index contributed by atoms with van der Waals surface area (Å²) in [6.45, 7) is 2.05. The molecule has 0 saturated heterocycles. The molecule has 2 aromatic heterocycles. The zero-order valence-corrected chi connectivity index (χ0v) is 19.0. The van der Waals surface area contributed by atoms with E-state index in [-0.39, 0.29) is 23.8 Å². The SMILES string of the molecule is Cc1c(-c2cncc(S(=O)(=O)N(C)C)c2)c2cc(Cl)ccc2n1C/C(F)=C/CNCl. The van der Waals surface area contributed by atoms with E-state index in [9.17, 15) is 12.8 Å². The molecule has 0 radical (unpaired) electrons. The summed E-state index contributed by atoms with van der Waals surface area (Å²) in [6.07, 6.45) is 4.26. The highest BCUT2D eigenvalue weighted by Gasteiger charge is 2.21. The zero-order valence-electron chi connectivity index (χ0n) is 16.7. The molecule has 10 heteroatoms. The fourth-order valence-electron chi connectivity index (χ4n) is 3.29. The molecular weight excluding hydrogens is 450 g/mol. The fraction of sp³-hybridized carbons (Fsp3) is 0.250. The second-order valence-electron chi connectivity index (χ2n) is 6.89. The molecular formula is C20H21Cl2FN4O2S. The maximum atomic E-state index is 14.4. The Morgan fingerprint density at radius 1 is 1.30 bits per heavy atom. The van der Waals surface area contributed by atoms with E-state index in [2.05, 4.69) is 9.82 Å². The molecule has 0 aliphatic carbocycles. The minimum Gasteiger partial charge on any atom is -0.337 e. The predicted molar refractivity (Wildman–Crippen MR) is 119 cm³/mol. The molecule has 6 nitrogen and oxygen atoms in total. The molecule has 0 saturated carbocycles. The van der Waals surface area contributed by atoms with E-state index in [1.807, 2.05) is 17.6 Å². The van der Waals surface area contributed by atoms with E-state index >= 15 is 0 Å². The minimum atomic E-state index is -3.65. The molecule has 0 fully saturated rings. The van der Waals surface area contributed by atoms with Crippen LogP contribution in [0.1, 0.15) is 5.69 Å². The number of allylic oxidation sites excluding steroid dienone is 1. The molecule has 3 rings (SSSR count). The van der Waals surface area contributed by atoms with Gasteiger partial charge >= 0.3 is 0 Å². The Balaban J connectivity index is 2.22. The van der Waals surface area contributed by atoms with Crippen molar-refractivity contribution in [1.29, 1.82) is 0 Å². The quantitative estimate of drug-likeness (QED) is 0.515. The van der Waals surface area contributed by atoms with Crippen LogP contribution in [0.2, 0.25) is 5.02 Å². The maximum absolute atomic E-state index is 14.4. The van der Waals surface area contributed by atoms with Gasteiger partial charge < -0.3 is 4.57 Å². The number of rotatable bonds is 7. The van der Waals surface area contributed by atoms with Gasteiger partial charge in [-0.05, 0) is 49.0 Å². The van der Waals surface area contributed by atoms with Gasteiger partial charge in [-0.15, -0.1) is 0 Å². The minimum absolute atomic E-state index is 0.00561. The molecule has 0 aliphatic heterocycles. The largest absolute Gasteiger partial charge is 0.337 e. The van der Waals surface area contributed by atoms with Crippen LogP contribution in [0.25, 0.3) is 22.0 Å². The van der Waals surface area contributed by atoms with Crippen molar-refractivity contribution in [3.8, 4) is 11.1 Å². The summed E-state index contributed by atoms with van der Waals surface area (Å²) in [5.74, 6) is -0.355. The summed E-state index contributed by atoms with van der Waals surface area (Å²) in [5, 5.41) is 1.30. The van der Waals surface area contributed by atoms with Crippen LogP contribution in [0.5, 0.6) is 0 Å². The number of benzene rings is 1. The number of pyridine rings is 1. The van der Waals surface area contributed by atoms with Gasteiger partial charge in [-0.2, -0.15) is 0 Å². The molecule has 0 unspecified atom stereocenters. The van der Waals surface area contributed by atoms with Crippen LogP contribution in [0, 0.1) is 6.92 Å². The van der Waals surface area contributed by atoms with Crippen LogP contribution >= 0.6 is 23.4 Å². The summed E-state index contributed by atoms with van der Waals surface area (Å²) in [5.41, 5.74) is 2.89. The first kappa shape index (κ1) is 22.7. The van der Waals surface area contributed by atoms with Crippen LogP contribution in [0.15, 0.2) is 53.5 Å². The number of nitrogens with one attached hydrogen (secondary N) is 1. The van der Waals surface area contributed by atoms with Gasteiger partial charge in [-0.25, -0.2) is 21.9 Å². The maximum Gasteiger partial charge on any atom is 0.244 e. The lowest BCUT2D eigenvalue weighted by Gasteiger charge is -2.12. The van der Waals surface area contributed by atoms with E-state index in [0.29, 0.717) is 10.6 Å². The van der Waals surface area contributed by atoms with E-state index in [1.54, 1.807) is 24.4 Å². The number of hydrogen-bond donors (Lipinski definition) is 1. The van der Waals surface area contributed by atoms with Crippen molar-refractivity contribution in [2.24, 2.45) is 0 Å². The average molecular weight is 471 g/mol. The van der Waals surface area contributed by atoms with Gasteiger partial charge in [0.2, 0.25) is 10.0 Å². The lowest BCUT2D eigenvalue weighted by atomic mass is 10.0. The Hall–Kier alpha value is -1.97. The molecule has 1 N–H and O–H groups in total. The van der Waals surface area contributed by atoms with Crippen LogP contribution in [-0.4, -0.2) is 42.9 Å². The molecule has 160 valence electrons. The molecule has 0 spiro atoms. The summed E-state index contributed by atoms with van der Waals surface area (Å²) in [7, 11) is -0.731. The first-order chi connectivity index (χ1) is 14.2. The number of hydrogen-bond acceptors (Lipinski definition) is 4. The second-order valence-corrected chi connectivity index (χ2v) is 9.75. The van der Waals surface area contributed by atoms with Crippen molar-refractivity contribution in [2.45, 2.75) is 18.4 Å². The van der Waals surface area contributed by atoms with Crippen molar-refractivity contribution in [2.75, 3.05) is 20.6 Å². The molecule has 0 bridgehead atoms. The molecule has 0 aliphatic rings. The third-order valence-electron chi connectivity index (χ3n) is 4.78. The zero-order chi connectivity index (χ0) is 22.1. The Morgan fingerprint density at radius 3 is 2.70 bits per heavy atom. The molecule has 30 heavy (non-hydrogen) atoms. The van der Waals surface area contributed by atoms with Gasteiger partial charge in [0.15, 0.2) is 0 Å². The normalized spacial score (nSPS) is 12.8. The van der Waals surface area contributed by atoms with Gasteiger partial charge in [0.25, 0.3) is 0 Å². The standard InChI is InChI=1S/C20H21Cl2FN4O2S/c1-13-20(14-8-17(11-24-10-14)30(28,29)26(2)3)18-9-15(21)4-5-19(18)27(13)12-16(23)6-7-25-22/h4-6,8-11,25H,7,12H2,1-3H3/b16-6-. The highest BCUT2D eigenvalue weighted by molar-refractivity contribution is 7.89. The fourth-order valence-corrected chi connectivity index (χ4v) is 4.44. The van der Waals surface area contributed by atoms with Gasteiger partial charge in [0.1, 0.15) is 10.7 Å². The smallest absolute Gasteiger partial charge is 0.244 e. The average Bonchev–Trinajstić information content (AvgIpc) is 2.97. The third kappa shape index (κ3) is 4.38. The Labute approximate surface area is 185 Å². The van der Waals surface area contributed by atoms with Crippen LogP contribution in [0.4, 0.5) is 4.39 Å². The van der Waals surface area contributed by atoms with E-state index < -0.39 is 10.0 Å². The first-order valence-electron chi connectivity index (χ1n) is 9.01. The highest BCUT2D eigenvalue weighted by Crippen LogP contribution is 2.37. The molecule has 2 heterocycles. The van der Waals surface area contributed by atoms with Crippen molar-refractivity contribution < 1.29 is 12.8 Å². The second kappa shape index (κ2) is 9.03. The Bertz CT molecular complexity index is 1220. The summed E-state index contributed by atoms with van der Waals surface area (Å²) < 4.78 is 42.5. The Morgan fingerprint density at radius 2 is 2.03 bits per heavy atom. The number of halogens is 3. The van der Waals surface area contributed by atoms with Crippen molar-refractivity contribution >= 4 is 44.3 Å². The molecule has 0 atom stereocenters. The van der Waals surface area contributed by atoms with Gasteiger partial charge in [0.05, 0.1) is 6.54 Å². The highest BCUT2D eigenvalue weighted by atomic mass is 35.5. The summed E-state index contributed by atoms with van der Waals surface area (Å²) in [4.78, 5) is 6.57. The molecule has 0 amide bonds. The molecule has 3 aromatic rings. The monoisotopic (exact) mass is 470 g/mol. The topological polar surface area (TPSA) is 67.2 Å². The van der Waals surface area contributed by atoms with Crippen molar-refractivity contribution in [3.05, 3.63) is 59.3 Å². The number of nitrogens with zero attached hydrogens (tertiary/aromatic N) is 3. The molecule has 1 aromatic carbocycles. The van der Waals surface area contributed by atoms with Gasteiger partial charge in [-0.1, -0.05) is 11.6 Å². The number of sulfonamides is 1. The van der Waals surface area contributed by atoms with Crippen LogP contribution in [-0.2, 0) is 16.6 Å². The Kier molecular flexibility index (Phi) is 6.84. The third-order valence-corrected chi connectivity index (χ3v) is 6.95. The van der Waals surface area contributed by atoms with E-state index in [4.69, 9.17) is 23.4 Å². The number of aromatic nitrogens is 2. The van der Waals surface area contributed by atoms with E-state index in [0.717, 1.165) is 26.5 Å². The van der Waals surface area contributed by atoms with Crippen molar-refractivity contribution in [3.63, 3.8) is 0 Å². The van der Waals surface area contributed by atoms with Crippen molar-refractivity contribution in [1.82, 2.24) is 18.7 Å². The predicted octanol–water partition coefficient (Wildman–Crippen LogP) is 4.51. The van der Waals surface area contributed by atoms with Crippen LogP contribution < -0.4 is 4.84 Å². The lowest BCUT2D eigenvalue weighted by molar-refractivity contribution is 0.520. The summed E-state index contributed by atoms with van der Waals surface area (Å²) in [6, 6.07) is 6.90. The lowest BCUT2D eigenvalue weighted by Crippen LogP contribution is -2.22. The first-order valence-corrected chi connectivity index (χ1v) is 11.2.